The first-order valence-electron chi connectivity index (χ1n) is 11.1. The topological polar surface area (TPSA) is 0 Å². The van der Waals surface area contributed by atoms with Crippen molar-refractivity contribution in [3.8, 4) is 22.3 Å². The molecule has 0 amide bonds. The lowest BCUT2D eigenvalue weighted by Gasteiger charge is -2.23. The van der Waals surface area contributed by atoms with Crippen LogP contribution in [-0.2, 0) is 5.41 Å². The molecule has 1 aliphatic carbocycles. The Labute approximate surface area is 184 Å². The highest BCUT2D eigenvalue weighted by Crippen LogP contribution is 2.53. The molecule has 0 atom stereocenters. The average Bonchev–Trinajstić information content (AvgIpc) is 2.99. The fourth-order valence-electron chi connectivity index (χ4n) is 5.47. The molecular weight excluding hydrogens is 372 g/mol. The molecule has 0 bridgehead atoms. The average molecular weight is 399 g/mol. The van der Waals surface area contributed by atoms with Crippen LogP contribution in [-0.4, -0.2) is 0 Å². The van der Waals surface area contributed by atoms with Crippen molar-refractivity contribution in [2.24, 2.45) is 0 Å². The van der Waals surface area contributed by atoms with Crippen LogP contribution < -0.4 is 0 Å². The van der Waals surface area contributed by atoms with Crippen LogP contribution in [0.15, 0.2) is 84.9 Å². The van der Waals surface area contributed by atoms with Crippen molar-refractivity contribution in [2.45, 2.75) is 33.1 Å². The Hall–Kier alpha value is -3.38. The molecule has 6 rings (SSSR count). The van der Waals surface area contributed by atoms with E-state index in [0.717, 1.165) is 0 Å². The van der Waals surface area contributed by atoms with E-state index in [1.54, 1.807) is 0 Å². The van der Waals surface area contributed by atoms with Gasteiger partial charge in [-0.25, -0.2) is 0 Å². The summed E-state index contributed by atoms with van der Waals surface area (Å²) in [7, 11) is 0. The van der Waals surface area contributed by atoms with Crippen LogP contribution in [0, 0.1) is 13.8 Å². The molecule has 31 heavy (non-hydrogen) atoms. The van der Waals surface area contributed by atoms with Gasteiger partial charge in [0.05, 0.1) is 0 Å². The maximum Gasteiger partial charge on any atom is 0.0159 e. The molecule has 0 radical (unpaired) electrons. The van der Waals surface area contributed by atoms with Gasteiger partial charge >= 0.3 is 0 Å². The summed E-state index contributed by atoms with van der Waals surface area (Å²) >= 11 is 0. The van der Waals surface area contributed by atoms with Gasteiger partial charge in [0.2, 0.25) is 0 Å². The van der Waals surface area contributed by atoms with Gasteiger partial charge in [-0.15, -0.1) is 0 Å². The maximum atomic E-state index is 2.46. The second-order valence-electron chi connectivity index (χ2n) is 9.63. The van der Waals surface area contributed by atoms with Crippen LogP contribution in [0.5, 0.6) is 0 Å². The fraction of sp³-hybridized carbons (Fsp3) is 0.161. The molecule has 0 unspecified atom stereocenters. The molecule has 0 N–H and O–H groups in total. The largest absolute Gasteiger partial charge is 0.0616 e. The Morgan fingerprint density at radius 2 is 1.23 bits per heavy atom. The van der Waals surface area contributed by atoms with E-state index < -0.39 is 0 Å². The summed E-state index contributed by atoms with van der Waals surface area (Å²) in [6.07, 6.45) is 0. The lowest BCUT2D eigenvalue weighted by molar-refractivity contribution is 0.660. The lowest BCUT2D eigenvalue weighted by Crippen LogP contribution is -2.15. The van der Waals surface area contributed by atoms with Gasteiger partial charge in [0.1, 0.15) is 0 Å². The van der Waals surface area contributed by atoms with Gasteiger partial charge in [0.25, 0.3) is 0 Å². The second-order valence-corrected chi connectivity index (χ2v) is 9.63. The third kappa shape index (κ3) is 2.61. The van der Waals surface area contributed by atoms with Crippen molar-refractivity contribution in [3.05, 3.63) is 107 Å². The van der Waals surface area contributed by atoms with Crippen LogP contribution in [0.1, 0.15) is 36.1 Å². The van der Waals surface area contributed by atoms with Crippen LogP contribution in [0.4, 0.5) is 0 Å². The third-order valence-corrected chi connectivity index (χ3v) is 7.14. The molecule has 0 saturated carbocycles. The minimum Gasteiger partial charge on any atom is -0.0616 e. The van der Waals surface area contributed by atoms with Crippen molar-refractivity contribution < 1.29 is 0 Å². The zero-order valence-corrected chi connectivity index (χ0v) is 18.6. The molecule has 0 aromatic heterocycles. The number of hydrogen-bond acceptors (Lipinski definition) is 0. The Morgan fingerprint density at radius 1 is 0.548 bits per heavy atom. The Bertz CT molecular complexity index is 1510. The molecule has 150 valence electrons. The highest BCUT2D eigenvalue weighted by atomic mass is 14.4. The van der Waals surface area contributed by atoms with Gasteiger partial charge in [-0.1, -0.05) is 97.8 Å². The molecule has 0 saturated heterocycles. The number of rotatable bonds is 1. The summed E-state index contributed by atoms with van der Waals surface area (Å²) in [5.74, 6) is 0. The van der Waals surface area contributed by atoms with Gasteiger partial charge in [0.15, 0.2) is 0 Å². The van der Waals surface area contributed by atoms with E-state index in [9.17, 15) is 0 Å². The quantitative estimate of drug-likeness (QED) is 0.265. The Morgan fingerprint density at radius 3 is 2.06 bits per heavy atom. The number of aryl methyl sites for hydroxylation is 2. The van der Waals surface area contributed by atoms with Crippen LogP contribution in [0.25, 0.3) is 43.8 Å². The van der Waals surface area contributed by atoms with Crippen LogP contribution >= 0.6 is 0 Å². The van der Waals surface area contributed by atoms with Gasteiger partial charge < -0.3 is 0 Å². The van der Waals surface area contributed by atoms with Crippen molar-refractivity contribution in [3.63, 3.8) is 0 Å². The van der Waals surface area contributed by atoms with E-state index in [-0.39, 0.29) is 5.41 Å². The number of fused-ring (bicyclic) bond motifs is 6. The van der Waals surface area contributed by atoms with Gasteiger partial charge in [-0.05, 0) is 80.9 Å². The summed E-state index contributed by atoms with van der Waals surface area (Å²) in [6.45, 7) is 9.10. The predicted octanol–water partition coefficient (Wildman–Crippen LogP) is 8.58. The molecule has 1 aliphatic rings. The van der Waals surface area contributed by atoms with E-state index in [1.807, 2.05) is 0 Å². The monoisotopic (exact) mass is 398 g/mol. The van der Waals surface area contributed by atoms with E-state index in [1.165, 1.54) is 66.1 Å². The first kappa shape index (κ1) is 18.4. The van der Waals surface area contributed by atoms with Crippen molar-refractivity contribution in [2.75, 3.05) is 0 Å². The standard InChI is InChI=1S/C31H26/c1-19-9-11-22-17-23(13-12-21(22)15-19)27-18-29-30(25-8-6-5-7-24(25)27)26-14-10-20(2)16-28(26)31(29,3)4/h5-18H,1-4H3. The molecule has 0 heterocycles. The highest BCUT2D eigenvalue weighted by Gasteiger charge is 2.37. The molecular formula is C31H26. The van der Waals surface area contributed by atoms with Crippen molar-refractivity contribution in [1.82, 2.24) is 0 Å². The Kier molecular flexibility index (Phi) is 3.74. The smallest absolute Gasteiger partial charge is 0.0159 e. The second kappa shape index (κ2) is 6.31. The van der Waals surface area contributed by atoms with E-state index >= 15 is 0 Å². The number of benzene rings is 5. The first-order valence-corrected chi connectivity index (χ1v) is 11.1. The van der Waals surface area contributed by atoms with E-state index in [0.29, 0.717) is 0 Å². The zero-order chi connectivity index (χ0) is 21.3. The van der Waals surface area contributed by atoms with Gasteiger partial charge in [-0.2, -0.15) is 0 Å². The summed E-state index contributed by atoms with van der Waals surface area (Å²) < 4.78 is 0. The predicted molar refractivity (Wildman–Crippen MR) is 134 cm³/mol. The molecule has 0 fully saturated rings. The van der Waals surface area contributed by atoms with E-state index in [2.05, 4.69) is 113 Å². The summed E-state index contributed by atoms with van der Waals surface area (Å²) in [5.41, 5.74) is 10.9. The summed E-state index contributed by atoms with van der Waals surface area (Å²) in [4.78, 5) is 0. The van der Waals surface area contributed by atoms with Gasteiger partial charge in [0, 0.05) is 5.41 Å². The van der Waals surface area contributed by atoms with Crippen LogP contribution in [0.3, 0.4) is 0 Å². The Balaban J connectivity index is 1.69. The third-order valence-electron chi connectivity index (χ3n) is 7.14. The molecule has 0 aliphatic heterocycles. The molecule has 0 spiro atoms. The number of hydrogen-bond donors (Lipinski definition) is 0. The zero-order valence-electron chi connectivity index (χ0n) is 18.6. The summed E-state index contributed by atoms with van der Waals surface area (Å²) in [6, 6.07) is 31.9. The normalized spacial score (nSPS) is 14.1. The molecule has 0 heteroatoms. The highest BCUT2D eigenvalue weighted by molar-refractivity contribution is 6.09. The summed E-state index contributed by atoms with van der Waals surface area (Å²) in [5, 5.41) is 5.29. The molecule has 0 nitrogen and oxygen atoms in total. The molecule has 5 aromatic carbocycles. The SMILES string of the molecule is Cc1ccc2c(c1)C(C)(C)c1cc(-c3ccc4cc(C)ccc4c3)c3ccccc3c1-2. The first-order chi connectivity index (χ1) is 14.9. The van der Waals surface area contributed by atoms with Crippen molar-refractivity contribution in [1.29, 1.82) is 0 Å². The van der Waals surface area contributed by atoms with Crippen molar-refractivity contribution >= 4 is 21.5 Å². The maximum absolute atomic E-state index is 2.46. The van der Waals surface area contributed by atoms with Crippen LogP contribution in [0.2, 0.25) is 0 Å². The fourth-order valence-corrected chi connectivity index (χ4v) is 5.47. The molecule has 5 aromatic rings. The minimum atomic E-state index is -0.0105. The van der Waals surface area contributed by atoms with E-state index in [4.69, 9.17) is 0 Å². The minimum absolute atomic E-state index is 0.0105. The van der Waals surface area contributed by atoms with Gasteiger partial charge in [-0.3, -0.25) is 0 Å². The lowest BCUT2D eigenvalue weighted by atomic mass is 9.80.